The van der Waals surface area contributed by atoms with Crippen molar-refractivity contribution in [2.75, 3.05) is 32.7 Å². The van der Waals surface area contributed by atoms with Gasteiger partial charge in [-0.25, -0.2) is 5.01 Å². The predicted octanol–water partition coefficient (Wildman–Crippen LogP) is 2.59. The van der Waals surface area contributed by atoms with Crippen molar-refractivity contribution in [3.8, 4) is 17.2 Å². The molecule has 1 saturated heterocycles. The molecule has 1 aliphatic rings. The zero-order valence-corrected chi connectivity index (χ0v) is 20.8. The van der Waals surface area contributed by atoms with E-state index in [-0.39, 0.29) is 23.0 Å². The molecule has 3 rings (SSSR count). The number of thiocarbonyl (C=S) groups is 1. The van der Waals surface area contributed by atoms with Crippen LogP contribution in [0.5, 0.6) is 17.2 Å². The summed E-state index contributed by atoms with van der Waals surface area (Å²) < 4.78 is 15.9. The number of hydrogen-bond acceptors (Lipinski definition) is 7. The summed E-state index contributed by atoms with van der Waals surface area (Å²) in [7, 11) is 2.95. The van der Waals surface area contributed by atoms with E-state index in [0.717, 1.165) is 0 Å². The van der Waals surface area contributed by atoms with Crippen LogP contribution in [0.2, 0.25) is 0 Å². The van der Waals surface area contributed by atoms with E-state index in [1.54, 1.807) is 37.3 Å². The summed E-state index contributed by atoms with van der Waals surface area (Å²) in [6.45, 7) is 4.42. The van der Waals surface area contributed by atoms with E-state index in [1.165, 1.54) is 36.3 Å². The molecule has 0 spiro atoms. The van der Waals surface area contributed by atoms with Crippen molar-refractivity contribution >= 4 is 40.7 Å². The normalized spacial score (nSPS) is 15.1. The van der Waals surface area contributed by atoms with Gasteiger partial charge >= 0.3 is 0 Å². The summed E-state index contributed by atoms with van der Waals surface area (Å²) in [5.74, 6) is 0.137. The quantitative estimate of drug-likeness (QED) is 0.479. The first-order valence-electron chi connectivity index (χ1n) is 11.0. The Hall–Kier alpha value is -3.86. The van der Waals surface area contributed by atoms with Crippen LogP contribution in [0.1, 0.15) is 30.6 Å². The van der Waals surface area contributed by atoms with E-state index in [2.05, 4.69) is 10.7 Å². The Bertz CT molecular complexity index is 1100. The molecule has 0 aromatic heterocycles. The maximum atomic E-state index is 13.0. The summed E-state index contributed by atoms with van der Waals surface area (Å²) in [6.07, 6.45) is -0.226. The van der Waals surface area contributed by atoms with Gasteiger partial charge in [-0.3, -0.25) is 24.7 Å². The molecule has 2 aromatic carbocycles. The van der Waals surface area contributed by atoms with Gasteiger partial charge in [0.05, 0.1) is 27.2 Å². The Balaban J connectivity index is 1.78. The molecule has 10 nitrogen and oxygen atoms in total. The molecule has 0 radical (unpaired) electrons. The Morgan fingerprint density at radius 2 is 1.71 bits per heavy atom. The van der Waals surface area contributed by atoms with Crippen molar-refractivity contribution < 1.29 is 28.6 Å². The highest BCUT2D eigenvalue weighted by atomic mass is 32.1. The number of anilines is 1. The largest absolute Gasteiger partial charge is 0.497 e. The molecule has 1 fully saturated rings. The van der Waals surface area contributed by atoms with E-state index in [0.29, 0.717) is 36.1 Å². The summed E-state index contributed by atoms with van der Waals surface area (Å²) in [4.78, 5) is 40.2. The molecule has 1 heterocycles. The Morgan fingerprint density at radius 3 is 2.31 bits per heavy atom. The number of benzene rings is 2. The number of carbonyl (C=O) groups is 3. The SMILES string of the molecule is CCOc1cccc(NC(=O)CC2C(=O)N(CC)C(=S)N2NC(=O)c2cc(OC)cc(OC)c2)c1. The fourth-order valence-electron chi connectivity index (χ4n) is 3.57. The second-order valence-electron chi connectivity index (χ2n) is 7.51. The van der Waals surface area contributed by atoms with Gasteiger partial charge in [0, 0.05) is 29.9 Å². The van der Waals surface area contributed by atoms with Crippen molar-refractivity contribution in [1.82, 2.24) is 15.3 Å². The third-order valence-electron chi connectivity index (χ3n) is 5.26. The molecule has 11 heteroatoms. The second kappa shape index (κ2) is 11.5. The molecular weight excluding hydrogens is 472 g/mol. The average molecular weight is 501 g/mol. The van der Waals surface area contributed by atoms with Crippen LogP contribution >= 0.6 is 12.2 Å². The Morgan fingerprint density at radius 1 is 1.03 bits per heavy atom. The molecule has 35 heavy (non-hydrogen) atoms. The fraction of sp³-hybridized carbons (Fsp3) is 0.333. The lowest BCUT2D eigenvalue weighted by atomic mass is 10.1. The smallest absolute Gasteiger partial charge is 0.270 e. The fourth-order valence-corrected chi connectivity index (χ4v) is 3.97. The zero-order valence-electron chi connectivity index (χ0n) is 20.0. The Labute approximate surface area is 209 Å². The minimum absolute atomic E-state index is 0.108. The van der Waals surface area contributed by atoms with Crippen LogP contribution in [0.15, 0.2) is 42.5 Å². The van der Waals surface area contributed by atoms with Gasteiger partial charge in [0.1, 0.15) is 23.3 Å². The number of likely N-dealkylation sites (N-methyl/N-ethyl adjacent to an activating group) is 1. The van der Waals surface area contributed by atoms with E-state index in [1.807, 2.05) is 6.92 Å². The highest BCUT2D eigenvalue weighted by Crippen LogP contribution is 2.24. The molecule has 0 aliphatic carbocycles. The van der Waals surface area contributed by atoms with E-state index < -0.39 is 17.9 Å². The molecule has 1 unspecified atom stereocenters. The number of methoxy groups -OCH3 is 2. The highest BCUT2D eigenvalue weighted by Gasteiger charge is 2.44. The van der Waals surface area contributed by atoms with E-state index in [4.69, 9.17) is 26.4 Å². The van der Waals surface area contributed by atoms with Gasteiger partial charge in [-0.05, 0) is 50.3 Å². The number of hydrazine groups is 1. The van der Waals surface area contributed by atoms with Gasteiger partial charge < -0.3 is 19.5 Å². The van der Waals surface area contributed by atoms with Gasteiger partial charge in [-0.1, -0.05) is 6.07 Å². The van der Waals surface area contributed by atoms with Crippen LogP contribution in [-0.4, -0.2) is 66.2 Å². The summed E-state index contributed by atoms with van der Waals surface area (Å²) >= 11 is 5.43. The van der Waals surface area contributed by atoms with Crippen LogP contribution in [0.4, 0.5) is 5.69 Å². The number of nitrogens with zero attached hydrogens (tertiary/aromatic N) is 2. The van der Waals surface area contributed by atoms with Crippen molar-refractivity contribution in [2.45, 2.75) is 26.3 Å². The van der Waals surface area contributed by atoms with E-state index in [9.17, 15) is 14.4 Å². The van der Waals surface area contributed by atoms with Crippen LogP contribution in [-0.2, 0) is 9.59 Å². The van der Waals surface area contributed by atoms with E-state index >= 15 is 0 Å². The minimum Gasteiger partial charge on any atom is -0.497 e. The van der Waals surface area contributed by atoms with Gasteiger partial charge in [0.2, 0.25) is 5.91 Å². The molecule has 1 atom stereocenters. The molecule has 1 aliphatic heterocycles. The van der Waals surface area contributed by atoms with Gasteiger partial charge in [0.25, 0.3) is 11.8 Å². The molecule has 186 valence electrons. The lowest BCUT2D eigenvalue weighted by molar-refractivity contribution is -0.130. The van der Waals surface area contributed by atoms with Crippen LogP contribution in [0.3, 0.4) is 0 Å². The predicted molar refractivity (Wildman–Crippen MR) is 133 cm³/mol. The standard InChI is InChI=1S/C24H28N4O6S/c1-5-27-23(31)20(14-21(29)25-16-8-7-9-17(12-16)34-6-2)28(24(27)35)26-22(30)15-10-18(32-3)13-19(11-15)33-4/h7-13,20H,5-6,14H2,1-4H3,(H,25,29)(H,26,30). The molecule has 2 N–H and O–H groups in total. The second-order valence-corrected chi connectivity index (χ2v) is 7.87. The lowest BCUT2D eigenvalue weighted by Crippen LogP contribution is -2.49. The number of hydrogen-bond donors (Lipinski definition) is 2. The minimum atomic E-state index is -1.01. The maximum absolute atomic E-state index is 13.0. The van der Waals surface area contributed by atoms with Crippen molar-refractivity contribution in [1.29, 1.82) is 0 Å². The van der Waals surface area contributed by atoms with Crippen molar-refractivity contribution in [3.05, 3.63) is 48.0 Å². The lowest BCUT2D eigenvalue weighted by Gasteiger charge is -2.24. The topological polar surface area (TPSA) is 109 Å². The van der Waals surface area contributed by atoms with Crippen LogP contribution < -0.4 is 25.0 Å². The highest BCUT2D eigenvalue weighted by molar-refractivity contribution is 7.80. The maximum Gasteiger partial charge on any atom is 0.270 e. The van der Waals surface area contributed by atoms with Crippen LogP contribution in [0, 0.1) is 0 Å². The van der Waals surface area contributed by atoms with Crippen molar-refractivity contribution in [2.24, 2.45) is 0 Å². The molecule has 2 aromatic rings. The monoisotopic (exact) mass is 500 g/mol. The third-order valence-corrected chi connectivity index (χ3v) is 5.68. The number of ether oxygens (including phenoxy) is 3. The van der Waals surface area contributed by atoms with Crippen molar-refractivity contribution in [3.63, 3.8) is 0 Å². The van der Waals surface area contributed by atoms with Gasteiger partial charge in [-0.15, -0.1) is 0 Å². The number of amides is 3. The number of rotatable bonds is 10. The molecule has 0 saturated carbocycles. The summed E-state index contributed by atoms with van der Waals surface area (Å²) in [5, 5.41) is 4.13. The van der Waals surface area contributed by atoms with Gasteiger partial charge in [-0.2, -0.15) is 0 Å². The average Bonchev–Trinajstić information content (AvgIpc) is 3.07. The summed E-state index contributed by atoms with van der Waals surface area (Å²) in [6, 6.07) is 10.6. The molecular formula is C24H28N4O6S. The first kappa shape index (κ1) is 25.8. The molecule has 3 amide bonds. The third kappa shape index (κ3) is 5.99. The zero-order chi connectivity index (χ0) is 25.5. The van der Waals surface area contributed by atoms with Gasteiger partial charge in [0.15, 0.2) is 5.11 Å². The number of carbonyl (C=O) groups excluding carboxylic acids is 3. The first-order valence-corrected chi connectivity index (χ1v) is 11.4. The van der Waals surface area contributed by atoms with Crippen LogP contribution in [0.25, 0.3) is 0 Å². The first-order chi connectivity index (χ1) is 16.8. The molecule has 0 bridgehead atoms. The summed E-state index contributed by atoms with van der Waals surface area (Å²) in [5.41, 5.74) is 3.43. The Kier molecular flexibility index (Phi) is 8.48. The number of nitrogens with one attached hydrogen (secondary N) is 2.